The monoisotopic (exact) mass is 297 g/mol. The Hall–Kier alpha value is -1.31. The molecule has 20 heavy (non-hydrogen) atoms. The van der Waals surface area contributed by atoms with E-state index in [0.29, 0.717) is 6.61 Å². The summed E-state index contributed by atoms with van der Waals surface area (Å²) in [4.78, 5) is 15.0. The van der Waals surface area contributed by atoms with Crippen LogP contribution in [0, 0.1) is 10.1 Å². The summed E-state index contributed by atoms with van der Waals surface area (Å²) in [5.74, 6) is 0.877. The quantitative estimate of drug-likeness (QED) is 0.608. The maximum Gasteiger partial charge on any atom is 0.294 e. The molecule has 2 aliphatic rings. The van der Waals surface area contributed by atoms with Gasteiger partial charge in [0.2, 0.25) is 0 Å². The first-order chi connectivity index (χ1) is 9.74. The summed E-state index contributed by atoms with van der Waals surface area (Å²) in [5, 5.41) is 9.82. The second-order valence-corrected chi connectivity index (χ2v) is 6.03. The maximum absolute atomic E-state index is 10.4. The van der Waals surface area contributed by atoms with Crippen LogP contribution in [0.5, 0.6) is 0 Å². The lowest BCUT2D eigenvalue weighted by molar-refractivity contribution is -0.769. The van der Waals surface area contributed by atoms with E-state index in [9.17, 15) is 10.1 Å². The molecule has 0 bridgehead atoms. The molecular weight excluding hydrogens is 282 g/mol. The lowest BCUT2D eigenvalue weighted by Gasteiger charge is -2.15. The van der Waals surface area contributed by atoms with Crippen molar-refractivity contribution in [3.63, 3.8) is 0 Å². The van der Waals surface area contributed by atoms with Gasteiger partial charge in [-0.25, -0.2) is 0 Å². The normalized spacial score (nSPS) is 32.0. The van der Waals surface area contributed by atoms with E-state index >= 15 is 0 Å². The van der Waals surface area contributed by atoms with Crippen molar-refractivity contribution in [2.75, 3.05) is 13.2 Å². The van der Waals surface area contributed by atoms with Crippen LogP contribution in [0.15, 0.2) is 30.3 Å². The molecule has 0 aromatic heterocycles. The van der Waals surface area contributed by atoms with E-state index in [1.54, 1.807) is 11.8 Å². The fourth-order valence-corrected chi connectivity index (χ4v) is 3.75. The maximum atomic E-state index is 10.4. The Balaban J connectivity index is 1.54. The molecule has 108 valence electrons. The Kier molecular flexibility index (Phi) is 4.09. The molecule has 2 saturated heterocycles. The zero-order chi connectivity index (χ0) is 13.9. The van der Waals surface area contributed by atoms with Crippen LogP contribution in [0.2, 0.25) is 0 Å². The third kappa shape index (κ3) is 2.89. The molecule has 2 heterocycles. The third-order valence-corrected chi connectivity index (χ3v) is 4.82. The molecule has 3 rings (SSSR count). The molecule has 6 nitrogen and oxygen atoms in total. The van der Waals surface area contributed by atoms with E-state index in [0.717, 1.165) is 5.75 Å². The highest BCUT2D eigenvalue weighted by atomic mass is 32.2. The summed E-state index contributed by atoms with van der Waals surface area (Å²) < 4.78 is 11.2. The third-order valence-electron chi connectivity index (χ3n) is 3.49. The van der Waals surface area contributed by atoms with E-state index in [4.69, 9.17) is 9.47 Å². The Labute approximate surface area is 120 Å². The van der Waals surface area contributed by atoms with Gasteiger partial charge in [-0.2, -0.15) is 0 Å². The number of benzene rings is 1. The fraction of sp³-hybridized carbons (Fsp3) is 0.538. The lowest BCUT2D eigenvalue weighted by Crippen LogP contribution is -2.33. The molecule has 7 heteroatoms. The first-order valence-corrected chi connectivity index (χ1v) is 7.49. The molecule has 4 atom stereocenters. The topological polar surface area (TPSA) is 70.8 Å². The number of rotatable bonds is 5. The van der Waals surface area contributed by atoms with E-state index in [1.807, 2.05) is 18.2 Å². The molecule has 0 saturated carbocycles. The first-order valence-electron chi connectivity index (χ1n) is 6.44. The van der Waals surface area contributed by atoms with Crippen molar-refractivity contribution in [1.82, 2.24) is 0 Å². The minimum atomic E-state index is -0.774. The Morgan fingerprint density at radius 2 is 2.00 bits per heavy atom. The fourth-order valence-electron chi connectivity index (χ4n) is 2.55. The average molecular weight is 297 g/mol. The highest BCUT2D eigenvalue weighted by Gasteiger charge is 2.49. The van der Waals surface area contributed by atoms with Gasteiger partial charge in [0, 0.05) is 5.75 Å². The van der Waals surface area contributed by atoms with Gasteiger partial charge in [0.1, 0.15) is 12.2 Å². The second-order valence-electron chi connectivity index (χ2n) is 4.80. The minimum Gasteiger partial charge on any atom is -0.372 e. The highest BCUT2D eigenvalue weighted by molar-refractivity contribution is 7.99. The zero-order valence-corrected chi connectivity index (χ0v) is 11.5. The molecule has 2 fully saturated rings. The minimum absolute atomic E-state index is 0.117. The molecule has 0 N–H and O–H groups in total. The van der Waals surface area contributed by atoms with Gasteiger partial charge >= 0.3 is 0 Å². The SMILES string of the molecule is O=[N+]([O-])OC1COC2C(SCc3ccccc3)COC12. The van der Waals surface area contributed by atoms with Crippen LogP contribution < -0.4 is 0 Å². The molecule has 2 aliphatic heterocycles. The number of hydrogen-bond acceptors (Lipinski definition) is 6. The molecule has 0 amide bonds. The van der Waals surface area contributed by atoms with Crippen LogP contribution in [-0.2, 0) is 20.1 Å². The van der Waals surface area contributed by atoms with Crippen LogP contribution in [0.1, 0.15) is 5.56 Å². The van der Waals surface area contributed by atoms with Gasteiger partial charge in [-0.1, -0.05) is 30.3 Å². The van der Waals surface area contributed by atoms with Crippen LogP contribution in [0.4, 0.5) is 0 Å². The molecule has 1 aromatic rings. The van der Waals surface area contributed by atoms with E-state index < -0.39 is 11.2 Å². The number of thioether (sulfide) groups is 1. The van der Waals surface area contributed by atoms with Crippen molar-refractivity contribution in [3.05, 3.63) is 46.0 Å². The van der Waals surface area contributed by atoms with E-state index in [1.165, 1.54) is 5.56 Å². The number of fused-ring (bicyclic) bond motifs is 1. The van der Waals surface area contributed by atoms with Crippen LogP contribution in [0.3, 0.4) is 0 Å². The van der Waals surface area contributed by atoms with Gasteiger partial charge in [0.15, 0.2) is 6.10 Å². The van der Waals surface area contributed by atoms with Crippen molar-refractivity contribution in [2.45, 2.75) is 29.3 Å². The molecule has 4 unspecified atom stereocenters. The van der Waals surface area contributed by atoms with Gasteiger partial charge in [-0.05, 0) is 5.56 Å². The van der Waals surface area contributed by atoms with Gasteiger partial charge in [-0.15, -0.1) is 21.9 Å². The molecule has 1 aromatic carbocycles. The summed E-state index contributed by atoms with van der Waals surface area (Å²) in [6.07, 6.45) is -1.04. The Morgan fingerprint density at radius 3 is 2.75 bits per heavy atom. The predicted octanol–water partition coefficient (Wildman–Crippen LogP) is 1.66. The van der Waals surface area contributed by atoms with Crippen molar-refractivity contribution in [3.8, 4) is 0 Å². The Morgan fingerprint density at radius 1 is 1.25 bits per heavy atom. The standard InChI is InChI=1S/C13H15NO5S/c15-14(16)19-10-6-17-13-11(7-18-12(10)13)20-8-9-4-2-1-3-5-9/h1-5,10-13H,6-8H2. The van der Waals surface area contributed by atoms with Gasteiger partial charge in [0.25, 0.3) is 5.09 Å². The average Bonchev–Trinajstić information content (AvgIpc) is 3.01. The van der Waals surface area contributed by atoms with Crippen molar-refractivity contribution in [2.24, 2.45) is 0 Å². The number of nitrogens with zero attached hydrogens (tertiary/aromatic N) is 1. The second kappa shape index (κ2) is 5.99. The van der Waals surface area contributed by atoms with Gasteiger partial charge in [-0.3, -0.25) is 0 Å². The molecule has 0 aliphatic carbocycles. The number of hydrogen-bond donors (Lipinski definition) is 0. The highest BCUT2D eigenvalue weighted by Crippen LogP contribution is 2.36. The molecule has 0 radical (unpaired) electrons. The van der Waals surface area contributed by atoms with Crippen molar-refractivity contribution in [1.29, 1.82) is 0 Å². The Bertz CT molecular complexity index is 471. The van der Waals surface area contributed by atoms with E-state index in [-0.39, 0.29) is 24.1 Å². The molecular formula is C13H15NO5S. The lowest BCUT2D eigenvalue weighted by atomic mass is 10.1. The van der Waals surface area contributed by atoms with Crippen LogP contribution in [0.25, 0.3) is 0 Å². The van der Waals surface area contributed by atoms with Gasteiger partial charge in [0.05, 0.1) is 18.5 Å². The van der Waals surface area contributed by atoms with Crippen molar-refractivity contribution >= 4 is 11.8 Å². The smallest absolute Gasteiger partial charge is 0.294 e. The van der Waals surface area contributed by atoms with Crippen molar-refractivity contribution < 1.29 is 19.4 Å². The summed E-state index contributed by atoms with van der Waals surface area (Å²) in [6, 6.07) is 10.2. The summed E-state index contributed by atoms with van der Waals surface area (Å²) in [6.45, 7) is 0.767. The van der Waals surface area contributed by atoms with Crippen LogP contribution >= 0.6 is 11.8 Å². The first kappa shape index (κ1) is 13.7. The number of ether oxygens (including phenoxy) is 2. The van der Waals surface area contributed by atoms with E-state index in [2.05, 4.69) is 17.0 Å². The summed E-state index contributed by atoms with van der Waals surface area (Å²) in [7, 11) is 0. The molecule has 0 spiro atoms. The van der Waals surface area contributed by atoms with Crippen LogP contribution in [-0.4, -0.2) is 41.9 Å². The largest absolute Gasteiger partial charge is 0.372 e. The zero-order valence-electron chi connectivity index (χ0n) is 10.7. The van der Waals surface area contributed by atoms with Gasteiger partial charge < -0.3 is 14.3 Å². The predicted molar refractivity (Wildman–Crippen MR) is 72.9 cm³/mol. The summed E-state index contributed by atoms with van der Waals surface area (Å²) in [5.41, 5.74) is 1.25. The summed E-state index contributed by atoms with van der Waals surface area (Å²) >= 11 is 1.76.